The molecule has 2 aromatic carbocycles. The van der Waals surface area contributed by atoms with E-state index in [9.17, 15) is 4.79 Å². The Kier molecular flexibility index (Phi) is 5.53. The van der Waals surface area contributed by atoms with Crippen molar-refractivity contribution in [1.29, 1.82) is 0 Å². The fourth-order valence-electron chi connectivity index (χ4n) is 2.78. The predicted octanol–water partition coefficient (Wildman–Crippen LogP) is 1.76. The number of para-hydroxylation sites is 2. The number of fused-ring (bicyclic) bond motifs is 2. The first-order valence-corrected chi connectivity index (χ1v) is 8.56. The van der Waals surface area contributed by atoms with Gasteiger partial charge in [-0.05, 0) is 43.7 Å². The third-order valence-corrected chi connectivity index (χ3v) is 4.08. The molecule has 0 aliphatic carbocycles. The zero-order valence-corrected chi connectivity index (χ0v) is 14.4. The molecule has 1 amide bonds. The largest absolute Gasteiger partial charge is 0.352 e. The lowest BCUT2D eigenvalue weighted by molar-refractivity contribution is 0.0954. The highest BCUT2D eigenvalue weighted by Crippen LogP contribution is 2.21. The van der Waals surface area contributed by atoms with Crippen LogP contribution in [-0.2, 0) is 0 Å². The van der Waals surface area contributed by atoms with Crippen molar-refractivity contribution in [2.75, 3.05) is 26.2 Å². The summed E-state index contributed by atoms with van der Waals surface area (Å²) in [5.41, 5.74) is 10.1. The molecule has 0 radical (unpaired) electrons. The van der Waals surface area contributed by atoms with Crippen LogP contribution in [-0.4, -0.2) is 42.1 Å². The molecule has 6 nitrogen and oxygen atoms in total. The minimum absolute atomic E-state index is 0.119. The van der Waals surface area contributed by atoms with E-state index < -0.39 is 0 Å². The highest BCUT2D eigenvalue weighted by molar-refractivity contribution is 6.06. The third kappa shape index (κ3) is 3.92. The van der Waals surface area contributed by atoms with E-state index in [0.717, 1.165) is 41.6 Å². The first-order valence-electron chi connectivity index (χ1n) is 8.56. The van der Waals surface area contributed by atoms with Gasteiger partial charge in [0.2, 0.25) is 0 Å². The second-order valence-corrected chi connectivity index (χ2v) is 5.99. The van der Waals surface area contributed by atoms with E-state index in [1.165, 1.54) is 0 Å². The molecule has 0 spiro atoms. The number of rotatable bonds is 7. The van der Waals surface area contributed by atoms with Crippen LogP contribution in [0.15, 0.2) is 36.4 Å². The van der Waals surface area contributed by atoms with E-state index in [0.29, 0.717) is 24.2 Å². The van der Waals surface area contributed by atoms with Crippen molar-refractivity contribution >= 4 is 28.0 Å². The van der Waals surface area contributed by atoms with Crippen LogP contribution in [0.5, 0.6) is 0 Å². The molecule has 1 heterocycles. The summed E-state index contributed by atoms with van der Waals surface area (Å²) in [6, 6.07) is 11.4. The molecule has 0 saturated carbocycles. The zero-order valence-electron chi connectivity index (χ0n) is 14.4. The average molecular weight is 337 g/mol. The van der Waals surface area contributed by atoms with Crippen LogP contribution < -0.4 is 16.4 Å². The Morgan fingerprint density at radius 2 is 1.76 bits per heavy atom. The number of aryl methyl sites for hydroxylation is 1. The van der Waals surface area contributed by atoms with Gasteiger partial charge >= 0.3 is 0 Å². The molecule has 0 unspecified atom stereocenters. The van der Waals surface area contributed by atoms with E-state index in [1.807, 2.05) is 37.3 Å². The molecular weight excluding hydrogens is 314 g/mol. The number of amides is 1. The maximum atomic E-state index is 12.5. The number of aromatic nitrogens is 2. The minimum atomic E-state index is -0.119. The smallest absolute Gasteiger partial charge is 0.253 e. The molecule has 0 fully saturated rings. The second kappa shape index (κ2) is 8.00. The van der Waals surface area contributed by atoms with Crippen LogP contribution in [0, 0.1) is 6.92 Å². The molecule has 6 heteroatoms. The SMILES string of the molecule is Cc1cccc2nc3cccc(C(=O)NCCCNCCN)c3nc12. The maximum absolute atomic E-state index is 12.5. The van der Waals surface area contributed by atoms with Gasteiger partial charge < -0.3 is 16.4 Å². The number of hydrogen-bond acceptors (Lipinski definition) is 5. The Bertz CT molecular complexity index is 894. The summed E-state index contributed by atoms with van der Waals surface area (Å²) in [5.74, 6) is -0.119. The molecule has 0 aliphatic rings. The van der Waals surface area contributed by atoms with E-state index in [-0.39, 0.29) is 5.91 Å². The van der Waals surface area contributed by atoms with Gasteiger partial charge in [-0.2, -0.15) is 0 Å². The summed E-state index contributed by atoms with van der Waals surface area (Å²) in [7, 11) is 0. The molecule has 4 N–H and O–H groups in total. The van der Waals surface area contributed by atoms with Crippen molar-refractivity contribution in [3.05, 3.63) is 47.5 Å². The van der Waals surface area contributed by atoms with Gasteiger partial charge in [0.25, 0.3) is 5.91 Å². The summed E-state index contributed by atoms with van der Waals surface area (Å²) >= 11 is 0. The number of hydrogen-bond donors (Lipinski definition) is 3. The third-order valence-electron chi connectivity index (χ3n) is 4.08. The van der Waals surface area contributed by atoms with Gasteiger partial charge in [-0.15, -0.1) is 0 Å². The van der Waals surface area contributed by atoms with Crippen LogP contribution >= 0.6 is 0 Å². The second-order valence-electron chi connectivity index (χ2n) is 5.99. The Hall–Kier alpha value is -2.57. The lowest BCUT2D eigenvalue weighted by Gasteiger charge is -2.09. The summed E-state index contributed by atoms with van der Waals surface area (Å²) < 4.78 is 0. The topological polar surface area (TPSA) is 92.9 Å². The lowest BCUT2D eigenvalue weighted by atomic mass is 10.1. The molecule has 25 heavy (non-hydrogen) atoms. The van der Waals surface area contributed by atoms with Crippen LogP contribution in [0.2, 0.25) is 0 Å². The number of carbonyl (C=O) groups excluding carboxylic acids is 1. The van der Waals surface area contributed by atoms with Crippen molar-refractivity contribution in [2.24, 2.45) is 5.73 Å². The Morgan fingerprint density at radius 3 is 2.56 bits per heavy atom. The number of carbonyl (C=O) groups is 1. The summed E-state index contributed by atoms with van der Waals surface area (Å²) in [4.78, 5) is 21.9. The van der Waals surface area contributed by atoms with Crippen molar-refractivity contribution in [1.82, 2.24) is 20.6 Å². The number of nitrogens with one attached hydrogen (secondary N) is 2. The summed E-state index contributed by atoms with van der Waals surface area (Å²) in [5, 5.41) is 6.16. The monoisotopic (exact) mass is 337 g/mol. The number of benzene rings is 2. The first kappa shape index (κ1) is 17.3. The van der Waals surface area contributed by atoms with Crippen molar-refractivity contribution in [3.8, 4) is 0 Å². The predicted molar refractivity (Wildman–Crippen MR) is 101 cm³/mol. The highest BCUT2D eigenvalue weighted by atomic mass is 16.1. The standard InChI is InChI=1S/C19H23N5O/c1-13-5-2-7-15-17(13)24-18-14(6-3-8-16(18)23-15)19(25)22-11-4-10-21-12-9-20/h2-3,5-8,21H,4,9-12,20H2,1H3,(H,22,25). The lowest BCUT2D eigenvalue weighted by Crippen LogP contribution is -2.29. The maximum Gasteiger partial charge on any atom is 0.253 e. The Labute approximate surface area is 146 Å². The molecular formula is C19H23N5O. The number of nitrogens with two attached hydrogens (primary N) is 1. The molecule has 0 saturated heterocycles. The van der Waals surface area contributed by atoms with Gasteiger partial charge in [-0.25, -0.2) is 9.97 Å². The van der Waals surface area contributed by atoms with Gasteiger partial charge in [-0.3, -0.25) is 4.79 Å². The molecule has 0 atom stereocenters. The summed E-state index contributed by atoms with van der Waals surface area (Å²) in [6.45, 7) is 4.84. The van der Waals surface area contributed by atoms with Crippen molar-refractivity contribution in [3.63, 3.8) is 0 Å². The van der Waals surface area contributed by atoms with E-state index in [2.05, 4.69) is 15.6 Å². The Balaban J connectivity index is 1.81. The fraction of sp³-hybridized carbons (Fsp3) is 0.316. The van der Waals surface area contributed by atoms with Gasteiger partial charge in [0, 0.05) is 19.6 Å². The normalized spacial score (nSPS) is 11.1. The van der Waals surface area contributed by atoms with Crippen LogP contribution in [0.4, 0.5) is 0 Å². The quantitative estimate of drug-likeness (QED) is 0.451. The van der Waals surface area contributed by atoms with Crippen LogP contribution in [0.25, 0.3) is 22.1 Å². The van der Waals surface area contributed by atoms with Gasteiger partial charge in [0.1, 0.15) is 5.52 Å². The van der Waals surface area contributed by atoms with Gasteiger partial charge in [0.15, 0.2) is 0 Å². The molecule has 3 rings (SSSR count). The van der Waals surface area contributed by atoms with Crippen molar-refractivity contribution < 1.29 is 4.79 Å². The van der Waals surface area contributed by atoms with Crippen molar-refractivity contribution in [2.45, 2.75) is 13.3 Å². The highest BCUT2D eigenvalue weighted by Gasteiger charge is 2.13. The number of nitrogens with zero attached hydrogens (tertiary/aromatic N) is 2. The molecule has 1 aromatic heterocycles. The van der Waals surface area contributed by atoms with Gasteiger partial charge in [0.05, 0.1) is 22.1 Å². The summed E-state index contributed by atoms with van der Waals surface area (Å²) in [6.07, 6.45) is 0.851. The zero-order chi connectivity index (χ0) is 17.6. The van der Waals surface area contributed by atoms with E-state index >= 15 is 0 Å². The molecule has 0 aliphatic heterocycles. The Morgan fingerprint density at radius 1 is 1.00 bits per heavy atom. The first-order chi connectivity index (χ1) is 12.2. The van der Waals surface area contributed by atoms with E-state index in [4.69, 9.17) is 10.7 Å². The average Bonchev–Trinajstić information content (AvgIpc) is 2.63. The van der Waals surface area contributed by atoms with Crippen LogP contribution in [0.1, 0.15) is 22.3 Å². The fourth-order valence-corrected chi connectivity index (χ4v) is 2.78. The van der Waals surface area contributed by atoms with Crippen LogP contribution in [0.3, 0.4) is 0 Å². The molecule has 0 bridgehead atoms. The van der Waals surface area contributed by atoms with Gasteiger partial charge in [-0.1, -0.05) is 18.2 Å². The van der Waals surface area contributed by atoms with E-state index in [1.54, 1.807) is 6.07 Å². The molecule has 3 aromatic rings. The minimum Gasteiger partial charge on any atom is -0.352 e. The molecule has 130 valence electrons.